The number of hydrogen-bond acceptors (Lipinski definition) is 4. The molecule has 0 unspecified atom stereocenters. The third-order valence-electron chi connectivity index (χ3n) is 3.97. The highest BCUT2D eigenvalue weighted by atomic mass is 16.2. The zero-order chi connectivity index (χ0) is 14.5. The Morgan fingerprint density at radius 1 is 1.30 bits per heavy atom. The van der Waals surface area contributed by atoms with E-state index in [1.807, 2.05) is 24.8 Å². The molecule has 1 amide bonds. The number of pyridine rings is 1. The molecular formula is C15H22N4O. The molecule has 2 N–H and O–H groups in total. The van der Waals surface area contributed by atoms with Gasteiger partial charge >= 0.3 is 0 Å². The van der Waals surface area contributed by atoms with Gasteiger partial charge in [-0.3, -0.25) is 10.1 Å². The zero-order valence-electron chi connectivity index (χ0n) is 12.6. The zero-order valence-corrected chi connectivity index (χ0v) is 12.6. The van der Waals surface area contributed by atoms with Gasteiger partial charge in [-0.25, -0.2) is 4.98 Å². The largest absolute Gasteiger partial charge is 0.369 e. The smallest absolute Gasteiger partial charge is 0.246 e. The van der Waals surface area contributed by atoms with Crippen molar-refractivity contribution >= 4 is 17.4 Å². The van der Waals surface area contributed by atoms with Crippen LogP contribution >= 0.6 is 0 Å². The summed E-state index contributed by atoms with van der Waals surface area (Å²) in [5, 5.41) is 6.70. The summed E-state index contributed by atoms with van der Waals surface area (Å²) in [5.41, 5.74) is 1.51. The lowest BCUT2D eigenvalue weighted by Gasteiger charge is -2.47. The molecule has 0 aliphatic carbocycles. The summed E-state index contributed by atoms with van der Waals surface area (Å²) >= 11 is 0. The normalized spacial score (nSPS) is 23.4. The Morgan fingerprint density at radius 2 is 2.05 bits per heavy atom. The topological polar surface area (TPSA) is 57.3 Å². The second-order valence-corrected chi connectivity index (χ2v) is 6.86. The molecule has 2 aliphatic heterocycles. The lowest BCUT2D eigenvalue weighted by Crippen LogP contribution is -2.70. The van der Waals surface area contributed by atoms with E-state index in [2.05, 4.69) is 29.5 Å². The molecule has 20 heavy (non-hydrogen) atoms. The van der Waals surface area contributed by atoms with Gasteiger partial charge in [-0.05, 0) is 40.2 Å². The van der Waals surface area contributed by atoms with Gasteiger partial charge in [0.15, 0.2) is 0 Å². The lowest BCUT2D eigenvalue weighted by molar-refractivity contribution is -0.126. The number of nitrogens with one attached hydrogen (secondary N) is 2. The van der Waals surface area contributed by atoms with E-state index < -0.39 is 5.54 Å². The van der Waals surface area contributed by atoms with Gasteiger partial charge in [-0.2, -0.15) is 0 Å². The number of carbonyl (C=O) groups excluding carboxylic acids is 1. The fourth-order valence-corrected chi connectivity index (χ4v) is 3.38. The Kier molecular flexibility index (Phi) is 2.80. The van der Waals surface area contributed by atoms with Gasteiger partial charge in [0.25, 0.3) is 0 Å². The number of aromatic nitrogens is 1. The van der Waals surface area contributed by atoms with Crippen LogP contribution in [-0.2, 0) is 11.2 Å². The third-order valence-corrected chi connectivity index (χ3v) is 3.97. The molecular weight excluding hydrogens is 252 g/mol. The maximum Gasteiger partial charge on any atom is 0.246 e. The van der Waals surface area contributed by atoms with Crippen molar-refractivity contribution < 1.29 is 4.79 Å². The van der Waals surface area contributed by atoms with E-state index in [0.29, 0.717) is 6.54 Å². The predicted molar refractivity (Wildman–Crippen MR) is 80.1 cm³/mol. The first-order valence-electron chi connectivity index (χ1n) is 7.13. The van der Waals surface area contributed by atoms with Crippen molar-refractivity contribution in [2.24, 2.45) is 0 Å². The first-order chi connectivity index (χ1) is 9.30. The van der Waals surface area contributed by atoms with E-state index in [-0.39, 0.29) is 11.4 Å². The highest BCUT2D eigenvalue weighted by Gasteiger charge is 2.44. The first-order valence-corrected chi connectivity index (χ1v) is 7.13. The second-order valence-electron chi connectivity index (χ2n) is 6.86. The molecule has 5 nitrogen and oxygen atoms in total. The van der Waals surface area contributed by atoms with Crippen LogP contribution in [0.3, 0.4) is 0 Å². The van der Waals surface area contributed by atoms with Crippen molar-refractivity contribution in [3.63, 3.8) is 0 Å². The van der Waals surface area contributed by atoms with Crippen molar-refractivity contribution in [1.82, 2.24) is 10.3 Å². The Morgan fingerprint density at radius 3 is 2.80 bits per heavy atom. The van der Waals surface area contributed by atoms with E-state index in [0.717, 1.165) is 30.0 Å². The fourth-order valence-electron chi connectivity index (χ4n) is 3.38. The minimum Gasteiger partial charge on any atom is -0.369 e. The summed E-state index contributed by atoms with van der Waals surface area (Å²) in [4.78, 5) is 19.0. The molecule has 0 radical (unpaired) electrons. The van der Waals surface area contributed by atoms with E-state index in [1.165, 1.54) is 0 Å². The number of carbonyl (C=O) groups is 1. The van der Waals surface area contributed by atoms with Crippen LogP contribution in [0.1, 0.15) is 33.3 Å². The summed E-state index contributed by atoms with van der Waals surface area (Å²) in [5.74, 6) is 1.04. The van der Waals surface area contributed by atoms with Crippen molar-refractivity contribution in [1.29, 1.82) is 0 Å². The van der Waals surface area contributed by atoms with Gasteiger partial charge in [-0.1, -0.05) is 0 Å². The first kappa shape index (κ1) is 13.4. The second kappa shape index (κ2) is 4.19. The van der Waals surface area contributed by atoms with E-state index in [1.54, 1.807) is 6.20 Å². The number of amides is 1. The number of anilines is 2. The van der Waals surface area contributed by atoms with Crippen molar-refractivity contribution in [2.45, 2.75) is 45.2 Å². The molecule has 0 saturated carbocycles. The van der Waals surface area contributed by atoms with Crippen LogP contribution in [0.5, 0.6) is 0 Å². The monoisotopic (exact) mass is 274 g/mol. The average Bonchev–Trinajstić information content (AvgIpc) is 2.80. The Hall–Kier alpha value is -1.62. The average molecular weight is 274 g/mol. The van der Waals surface area contributed by atoms with E-state index >= 15 is 0 Å². The van der Waals surface area contributed by atoms with Crippen LogP contribution < -0.4 is 15.5 Å². The molecule has 0 bridgehead atoms. The maximum absolute atomic E-state index is 12.8. The van der Waals surface area contributed by atoms with Crippen LogP contribution in [0.4, 0.5) is 11.5 Å². The van der Waals surface area contributed by atoms with Crippen LogP contribution in [0.2, 0.25) is 0 Å². The molecule has 108 valence electrons. The van der Waals surface area contributed by atoms with Crippen molar-refractivity contribution in [3.8, 4) is 0 Å². The summed E-state index contributed by atoms with van der Waals surface area (Å²) in [6, 6.07) is 1.96. The fraction of sp³-hybridized carbons (Fsp3) is 0.600. The number of rotatable bonds is 1. The molecule has 0 spiro atoms. The Balaban J connectivity index is 2.05. The Labute approximate surface area is 119 Å². The molecule has 0 atom stereocenters. The van der Waals surface area contributed by atoms with Gasteiger partial charge in [0.1, 0.15) is 5.82 Å². The quantitative estimate of drug-likeness (QED) is 0.815. The maximum atomic E-state index is 12.8. The minimum absolute atomic E-state index is 0.112. The van der Waals surface area contributed by atoms with Crippen LogP contribution in [-0.4, -0.2) is 35.1 Å². The molecule has 1 fully saturated rings. The summed E-state index contributed by atoms with van der Waals surface area (Å²) < 4.78 is 0. The van der Waals surface area contributed by atoms with Crippen LogP contribution in [0.25, 0.3) is 0 Å². The minimum atomic E-state index is -0.552. The molecule has 1 aromatic rings. The third kappa shape index (κ3) is 2.06. The number of fused-ring (bicyclic) bond motifs is 1. The molecule has 2 aliphatic rings. The van der Waals surface area contributed by atoms with Gasteiger partial charge in [-0.15, -0.1) is 0 Å². The van der Waals surface area contributed by atoms with Gasteiger partial charge in [0.05, 0.1) is 11.2 Å². The van der Waals surface area contributed by atoms with Crippen LogP contribution in [0.15, 0.2) is 12.3 Å². The molecule has 1 aromatic heterocycles. The van der Waals surface area contributed by atoms with E-state index in [4.69, 9.17) is 0 Å². The standard InChI is InChI=1S/C15H22N4O/c1-14(2)9-19(13(20)15(3,4)18-14)11-6-8-17-12-10(11)5-7-16-12/h6,8,18H,5,7,9H2,1-4H3,(H,16,17). The highest BCUT2D eigenvalue weighted by molar-refractivity contribution is 6.02. The summed E-state index contributed by atoms with van der Waals surface area (Å²) in [7, 11) is 0. The molecule has 0 aromatic carbocycles. The van der Waals surface area contributed by atoms with Crippen molar-refractivity contribution in [2.75, 3.05) is 23.3 Å². The molecule has 5 heteroatoms. The predicted octanol–water partition coefficient (Wildman–Crippen LogP) is 1.54. The Bertz CT molecular complexity index is 565. The molecule has 1 saturated heterocycles. The lowest BCUT2D eigenvalue weighted by atomic mass is 9.90. The number of piperazine rings is 1. The molecule has 3 rings (SSSR count). The summed E-state index contributed by atoms with van der Waals surface area (Å²) in [6.07, 6.45) is 2.71. The van der Waals surface area contributed by atoms with Crippen LogP contribution in [0, 0.1) is 0 Å². The number of hydrogen-bond donors (Lipinski definition) is 2. The summed E-state index contributed by atoms with van der Waals surface area (Å²) in [6.45, 7) is 9.73. The number of nitrogens with zero attached hydrogens (tertiary/aromatic N) is 2. The highest BCUT2D eigenvalue weighted by Crippen LogP contribution is 2.34. The van der Waals surface area contributed by atoms with E-state index in [9.17, 15) is 4.79 Å². The van der Waals surface area contributed by atoms with Gasteiger partial charge in [0, 0.05) is 30.4 Å². The SMILES string of the molecule is CC1(C)CN(c2ccnc3c2CCN3)C(=O)C(C)(C)N1. The van der Waals surface area contributed by atoms with Gasteiger partial charge in [0.2, 0.25) is 5.91 Å². The van der Waals surface area contributed by atoms with Crippen molar-refractivity contribution in [3.05, 3.63) is 17.8 Å². The van der Waals surface area contributed by atoms with Gasteiger partial charge < -0.3 is 10.2 Å². The molecule has 3 heterocycles.